The molecule has 3 rings (SSSR count). The summed E-state index contributed by atoms with van der Waals surface area (Å²) < 4.78 is 5.97. The van der Waals surface area contributed by atoms with Crippen molar-refractivity contribution in [1.82, 2.24) is 4.90 Å². The van der Waals surface area contributed by atoms with Crippen molar-refractivity contribution < 1.29 is 4.74 Å². The Kier molecular flexibility index (Phi) is 3.65. The van der Waals surface area contributed by atoms with Crippen LogP contribution >= 0.6 is 0 Å². The monoisotopic (exact) mass is 252 g/mol. The number of nitrogens with zero attached hydrogens (tertiary/aromatic N) is 1. The van der Waals surface area contributed by atoms with Crippen LogP contribution in [-0.4, -0.2) is 42.3 Å². The lowest BCUT2D eigenvalue weighted by Crippen LogP contribution is -2.66. The molecule has 0 aromatic rings. The number of hydrogen-bond donors (Lipinski definition) is 1. The van der Waals surface area contributed by atoms with Crippen LogP contribution in [0.4, 0.5) is 0 Å². The number of fused-ring (bicyclic) bond motifs is 1. The van der Waals surface area contributed by atoms with Gasteiger partial charge in [-0.25, -0.2) is 0 Å². The number of morpholine rings is 1. The molecule has 3 nitrogen and oxygen atoms in total. The van der Waals surface area contributed by atoms with Crippen molar-refractivity contribution in [3.8, 4) is 0 Å². The number of rotatable bonds is 2. The van der Waals surface area contributed by atoms with Crippen LogP contribution in [0.5, 0.6) is 0 Å². The second-order valence-corrected chi connectivity index (χ2v) is 6.56. The fourth-order valence-electron chi connectivity index (χ4n) is 4.72. The number of nitrogens with two attached hydrogens (primary N) is 1. The molecule has 4 unspecified atom stereocenters. The summed E-state index contributed by atoms with van der Waals surface area (Å²) in [6.45, 7) is 5.27. The van der Waals surface area contributed by atoms with Gasteiger partial charge in [0.2, 0.25) is 0 Å². The Hall–Kier alpha value is -0.120. The zero-order valence-corrected chi connectivity index (χ0v) is 11.7. The molecule has 1 saturated heterocycles. The van der Waals surface area contributed by atoms with Gasteiger partial charge in [-0.3, -0.25) is 4.90 Å². The summed E-state index contributed by atoms with van der Waals surface area (Å²) in [6.07, 6.45) is 9.81. The third-order valence-corrected chi connectivity index (χ3v) is 5.82. The Labute approximate surface area is 111 Å². The maximum Gasteiger partial charge on any atom is 0.0731 e. The fraction of sp³-hybridized carbons (Fsp3) is 1.00. The van der Waals surface area contributed by atoms with Gasteiger partial charge in [0.1, 0.15) is 0 Å². The summed E-state index contributed by atoms with van der Waals surface area (Å²) in [6, 6.07) is 0.655. The predicted octanol–water partition coefficient (Wildman–Crippen LogP) is 2.15. The highest BCUT2D eigenvalue weighted by Gasteiger charge is 2.49. The minimum Gasteiger partial charge on any atom is -0.375 e. The Balaban J connectivity index is 1.85. The molecule has 2 saturated carbocycles. The SMILES string of the molecule is CC1CCCCC1(CN)N1CCOC2CCCC21. The van der Waals surface area contributed by atoms with Crippen LogP contribution in [0.15, 0.2) is 0 Å². The van der Waals surface area contributed by atoms with Gasteiger partial charge in [-0.15, -0.1) is 0 Å². The molecule has 0 amide bonds. The van der Waals surface area contributed by atoms with Gasteiger partial charge in [-0.2, -0.15) is 0 Å². The largest absolute Gasteiger partial charge is 0.375 e. The zero-order valence-electron chi connectivity index (χ0n) is 11.7. The van der Waals surface area contributed by atoms with Gasteiger partial charge in [0.05, 0.1) is 12.7 Å². The topological polar surface area (TPSA) is 38.5 Å². The van der Waals surface area contributed by atoms with Crippen LogP contribution in [0, 0.1) is 5.92 Å². The van der Waals surface area contributed by atoms with Crippen molar-refractivity contribution in [3.05, 3.63) is 0 Å². The average Bonchev–Trinajstić information content (AvgIpc) is 2.88. The molecule has 4 atom stereocenters. The lowest BCUT2D eigenvalue weighted by atomic mass is 9.71. The second-order valence-electron chi connectivity index (χ2n) is 6.56. The molecule has 0 aromatic carbocycles. The summed E-state index contributed by atoms with van der Waals surface area (Å²) in [5.41, 5.74) is 6.53. The van der Waals surface area contributed by atoms with Gasteiger partial charge < -0.3 is 10.5 Å². The molecule has 2 N–H and O–H groups in total. The minimum atomic E-state index is 0.273. The minimum absolute atomic E-state index is 0.273. The van der Waals surface area contributed by atoms with Gasteiger partial charge in [-0.05, 0) is 38.0 Å². The standard InChI is InChI=1S/C15H28N2O/c1-12-5-2-3-8-15(12,11-16)17-9-10-18-14-7-4-6-13(14)17/h12-14H,2-11,16H2,1H3. The molecule has 1 heterocycles. The third-order valence-electron chi connectivity index (χ3n) is 5.82. The molecule has 0 aromatic heterocycles. The summed E-state index contributed by atoms with van der Waals surface area (Å²) in [7, 11) is 0. The van der Waals surface area contributed by atoms with E-state index >= 15 is 0 Å². The molecule has 3 fully saturated rings. The van der Waals surface area contributed by atoms with E-state index < -0.39 is 0 Å². The van der Waals surface area contributed by atoms with E-state index in [4.69, 9.17) is 10.5 Å². The first-order chi connectivity index (χ1) is 8.78. The highest BCUT2D eigenvalue weighted by atomic mass is 16.5. The van der Waals surface area contributed by atoms with Gasteiger partial charge >= 0.3 is 0 Å². The lowest BCUT2D eigenvalue weighted by Gasteiger charge is -2.55. The summed E-state index contributed by atoms with van der Waals surface area (Å²) in [5.74, 6) is 0.746. The Morgan fingerprint density at radius 2 is 2.11 bits per heavy atom. The molecule has 3 heteroatoms. The molecule has 0 bridgehead atoms. The first kappa shape index (κ1) is 12.9. The summed E-state index contributed by atoms with van der Waals surface area (Å²) in [4.78, 5) is 2.78. The van der Waals surface area contributed by atoms with Crippen molar-refractivity contribution in [2.75, 3.05) is 19.7 Å². The van der Waals surface area contributed by atoms with Crippen molar-refractivity contribution in [3.63, 3.8) is 0 Å². The average molecular weight is 252 g/mol. The predicted molar refractivity (Wildman–Crippen MR) is 73.5 cm³/mol. The maximum absolute atomic E-state index is 6.26. The second kappa shape index (κ2) is 5.10. The molecule has 104 valence electrons. The van der Waals surface area contributed by atoms with Crippen LogP contribution < -0.4 is 5.73 Å². The van der Waals surface area contributed by atoms with Crippen molar-refractivity contribution in [2.45, 2.75) is 69.6 Å². The molecule has 0 spiro atoms. The normalized spacial score (nSPS) is 46.0. The van der Waals surface area contributed by atoms with Crippen molar-refractivity contribution in [2.24, 2.45) is 11.7 Å². The molecule has 18 heavy (non-hydrogen) atoms. The number of ether oxygens (including phenoxy) is 1. The summed E-state index contributed by atoms with van der Waals surface area (Å²) >= 11 is 0. The Bertz CT molecular complexity index is 296. The van der Waals surface area contributed by atoms with Crippen LogP contribution in [0.25, 0.3) is 0 Å². The number of hydrogen-bond acceptors (Lipinski definition) is 3. The van der Waals surface area contributed by atoms with Gasteiger partial charge in [0.15, 0.2) is 0 Å². The molecular weight excluding hydrogens is 224 g/mol. The van der Waals surface area contributed by atoms with E-state index in [-0.39, 0.29) is 5.54 Å². The molecule has 1 aliphatic heterocycles. The smallest absolute Gasteiger partial charge is 0.0731 e. The molecule has 0 radical (unpaired) electrons. The maximum atomic E-state index is 6.26. The van der Waals surface area contributed by atoms with Crippen LogP contribution in [0.3, 0.4) is 0 Å². The van der Waals surface area contributed by atoms with Crippen LogP contribution in [-0.2, 0) is 4.74 Å². The first-order valence-electron chi connectivity index (χ1n) is 7.86. The van der Waals surface area contributed by atoms with Crippen LogP contribution in [0.1, 0.15) is 51.9 Å². The van der Waals surface area contributed by atoms with E-state index in [1.807, 2.05) is 0 Å². The van der Waals surface area contributed by atoms with E-state index in [1.54, 1.807) is 0 Å². The van der Waals surface area contributed by atoms with Gasteiger partial charge in [-0.1, -0.05) is 19.8 Å². The molecule has 3 aliphatic rings. The summed E-state index contributed by atoms with van der Waals surface area (Å²) in [5, 5.41) is 0. The van der Waals surface area contributed by atoms with E-state index in [1.165, 1.54) is 44.9 Å². The third kappa shape index (κ3) is 1.91. The van der Waals surface area contributed by atoms with E-state index in [9.17, 15) is 0 Å². The van der Waals surface area contributed by atoms with Gasteiger partial charge in [0, 0.05) is 24.7 Å². The van der Waals surface area contributed by atoms with Crippen molar-refractivity contribution in [1.29, 1.82) is 0 Å². The van der Waals surface area contributed by atoms with Crippen LogP contribution in [0.2, 0.25) is 0 Å². The first-order valence-corrected chi connectivity index (χ1v) is 7.86. The fourth-order valence-corrected chi connectivity index (χ4v) is 4.72. The molecule has 2 aliphatic carbocycles. The van der Waals surface area contributed by atoms with E-state index in [0.29, 0.717) is 12.1 Å². The lowest BCUT2D eigenvalue weighted by molar-refractivity contribution is -0.119. The van der Waals surface area contributed by atoms with E-state index in [2.05, 4.69) is 11.8 Å². The van der Waals surface area contributed by atoms with Gasteiger partial charge in [0.25, 0.3) is 0 Å². The van der Waals surface area contributed by atoms with Crippen molar-refractivity contribution >= 4 is 0 Å². The Morgan fingerprint density at radius 1 is 1.22 bits per heavy atom. The molecular formula is C15H28N2O. The Morgan fingerprint density at radius 3 is 2.89 bits per heavy atom. The highest BCUT2D eigenvalue weighted by Crippen LogP contribution is 2.43. The quantitative estimate of drug-likeness (QED) is 0.818. The zero-order chi connectivity index (χ0) is 12.6. The van der Waals surface area contributed by atoms with E-state index in [0.717, 1.165) is 25.6 Å². The highest BCUT2D eigenvalue weighted by molar-refractivity contribution is 5.04.